The Morgan fingerprint density at radius 3 is 2.52 bits per heavy atom. The first-order chi connectivity index (χ1) is 10.2. The molecule has 0 aliphatic carbocycles. The van der Waals surface area contributed by atoms with Crippen molar-refractivity contribution in [2.75, 3.05) is 7.11 Å². The lowest BCUT2D eigenvalue weighted by Crippen LogP contribution is -1.85. The van der Waals surface area contributed by atoms with Crippen molar-refractivity contribution in [1.29, 1.82) is 0 Å². The molecule has 4 nitrogen and oxygen atoms in total. The molecule has 0 bridgehead atoms. The summed E-state index contributed by atoms with van der Waals surface area (Å²) in [6, 6.07) is 12.3. The van der Waals surface area contributed by atoms with Crippen molar-refractivity contribution in [2.24, 2.45) is 0 Å². The molecule has 1 N–H and O–H groups in total. The Kier molecular flexibility index (Phi) is 3.54. The molecule has 0 aliphatic rings. The molecule has 0 radical (unpaired) electrons. The van der Waals surface area contributed by atoms with E-state index < -0.39 is 0 Å². The van der Waals surface area contributed by atoms with E-state index >= 15 is 0 Å². The van der Waals surface area contributed by atoms with Gasteiger partial charge in [-0.1, -0.05) is 28.9 Å². The third-order valence-corrected chi connectivity index (χ3v) is 3.43. The normalized spacial score (nSPS) is 10.6. The molecule has 0 aliphatic heterocycles. The fraction of sp³-hybridized carbons (Fsp3) is 0.0625. The van der Waals surface area contributed by atoms with Crippen molar-refractivity contribution in [3.63, 3.8) is 0 Å². The van der Waals surface area contributed by atoms with E-state index in [4.69, 9.17) is 20.9 Å². The second-order valence-corrected chi connectivity index (χ2v) is 4.90. The molecule has 106 valence electrons. The van der Waals surface area contributed by atoms with Gasteiger partial charge in [0, 0.05) is 16.7 Å². The van der Waals surface area contributed by atoms with Gasteiger partial charge in [0.2, 0.25) is 0 Å². The first-order valence-electron chi connectivity index (χ1n) is 6.27. The van der Waals surface area contributed by atoms with Crippen LogP contribution in [0.25, 0.3) is 22.5 Å². The Hall–Kier alpha value is -2.46. The maximum Gasteiger partial charge on any atom is 0.178 e. The molecule has 0 spiro atoms. The molecule has 0 atom stereocenters. The number of ether oxygens (including phenoxy) is 1. The van der Waals surface area contributed by atoms with Crippen LogP contribution in [0.15, 0.2) is 53.2 Å². The van der Waals surface area contributed by atoms with Crippen molar-refractivity contribution in [2.45, 2.75) is 0 Å². The predicted octanol–water partition coefficient (Wildman–Crippen LogP) is 4.38. The summed E-state index contributed by atoms with van der Waals surface area (Å²) in [5.41, 5.74) is 2.25. The van der Waals surface area contributed by atoms with Crippen molar-refractivity contribution in [3.05, 3.63) is 53.7 Å². The predicted molar refractivity (Wildman–Crippen MR) is 80.6 cm³/mol. The van der Waals surface area contributed by atoms with Gasteiger partial charge in [-0.25, -0.2) is 0 Å². The van der Waals surface area contributed by atoms with Crippen LogP contribution in [0.1, 0.15) is 0 Å². The number of phenols is 1. The largest absolute Gasteiger partial charge is 0.507 e. The highest BCUT2D eigenvalue weighted by molar-refractivity contribution is 6.30. The van der Waals surface area contributed by atoms with Crippen LogP contribution in [-0.4, -0.2) is 17.4 Å². The second kappa shape index (κ2) is 5.50. The number of aromatic nitrogens is 1. The minimum absolute atomic E-state index is 0.0707. The summed E-state index contributed by atoms with van der Waals surface area (Å²) in [5, 5.41) is 14.6. The van der Waals surface area contributed by atoms with Gasteiger partial charge >= 0.3 is 0 Å². The smallest absolute Gasteiger partial charge is 0.178 e. The number of hydrogen-bond donors (Lipinski definition) is 1. The minimum atomic E-state index is 0.0707. The number of rotatable bonds is 3. The quantitative estimate of drug-likeness (QED) is 0.780. The van der Waals surface area contributed by atoms with E-state index in [1.165, 1.54) is 6.07 Å². The van der Waals surface area contributed by atoms with E-state index in [0.717, 1.165) is 11.1 Å². The van der Waals surface area contributed by atoms with Crippen LogP contribution >= 0.6 is 11.6 Å². The number of nitrogens with zero attached hydrogens (tertiary/aromatic N) is 1. The highest BCUT2D eigenvalue weighted by atomic mass is 35.5. The highest BCUT2D eigenvalue weighted by Crippen LogP contribution is 2.38. The first kappa shape index (κ1) is 13.5. The number of phenolic OH excluding ortho intramolecular Hbond substituents is 1. The van der Waals surface area contributed by atoms with Gasteiger partial charge in [-0.05, 0) is 29.8 Å². The van der Waals surface area contributed by atoms with E-state index in [1.54, 1.807) is 37.6 Å². The maximum absolute atomic E-state index is 10.1. The van der Waals surface area contributed by atoms with Crippen LogP contribution in [-0.2, 0) is 0 Å². The Morgan fingerprint density at radius 2 is 1.86 bits per heavy atom. The zero-order valence-electron chi connectivity index (χ0n) is 11.2. The Morgan fingerprint density at radius 1 is 1.10 bits per heavy atom. The van der Waals surface area contributed by atoms with Gasteiger partial charge in [-0.3, -0.25) is 0 Å². The first-order valence-corrected chi connectivity index (χ1v) is 6.65. The van der Waals surface area contributed by atoms with E-state index in [-0.39, 0.29) is 5.75 Å². The number of methoxy groups -OCH3 is 1. The van der Waals surface area contributed by atoms with Gasteiger partial charge in [0.25, 0.3) is 0 Å². The van der Waals surface area contributed by atoms with Gasteiger partial charge in [0.15, 0.2) is 5.76 Å². The van der Waals surface area contributed by atoms with Gasteiger partial charge in [-0.2, -0.15) is 0 Å². The van der Waals surface area contributed by atoms with Crippen molar-refractivity contribution < 1.29 is 14.4 Å². The van der Waals surface area contributed by atoms with Gasteiger partial charge < -0.3 is 14.4 Å². The molecule has 5 heteroatoms. The van der Waals surface area contributed by atoms with E-state index in [9.17, 15) is 5.11 Å². The van der Waals surface area contributed by atoms with Crippen LogP contribution < -0.4 is 4.74 Å². The standard InChI is InChI=1S/C16H12ClNO3/c1-20-12-6-7-13(15(19)8-12)16-14(9-18-21-16)10-2-4-11(17)5-3-10/h2-9,19H,1H3. The molecule has 21 heavy (non-hydrogen) atoms. The number of benzene rings is 2. The van der Waals surface area contributed by atoms with Crippen molar-refractivity contribution >= 4 is 11.6 Å². The van der Waals surface area contributed by atoms with Crippen LogP contribution in [0.4, 0.5) is 0 Å². The molecule has 0 saturated carbocycles. The molecular weight excluding hydrogens is 290 g/mol. The SMILES string of the molecule is COc1ccc(-c2oncc2-c2ccc(Cl)cc2)c(O)c1. The number of halogens is 1. The van der Waals surface area contributed by atoms with Gasteiger partial charge in [0.05, 0.1) is 18.9 Å². The summed E-state index contributed by atoms with van der Waals surface area (Å²) in [5.74, 6) is 1.14. The molecule has 3 rings (SSSR count). The summed E-state index contributed by atoms with van der Waals surface area (Å²) >= 11 is 5.90. The molecule has 0 amide bonds. The fourth-order valence-electron chi connectivity index (χ4n) is 2.10. The Labute approximate surface area is 126 Å². The molecule has 3 aromatic rings. The lowest BCUT2D eigenvalue weighted by molar-refractivity contribution is 0.405. The van der Waals surface area contributed by atoms with Crippen LogP contribution in [0, 0.1) is 0 Å². The van der Waals surface area contributed by atoms with Gasteiger partial charge in [-0.15, -0.1) is 0 Å². The van der Waals surface area contributed by atoms with Crippen LogP contribution in [0.5, 0.6) is 11.5 Å². The molecule has 0 unspecified atom stereocenters. The second-order valence-electron chi connectivity index (χ2n) is 4.46. The molecule has 2 aromatic carbocycles. The molecule has 0 fully saturated rings. The Bertz CT molecular complexity index is 765. The third-order valence-electron chi connectivity index (χ3n) is 3.18. The lowest BCUT2D eigenvalue weighted by atomic mass is 10.0. The van der Waals surface area contributed by atoms with E-state index in [2.05, 4.69) is 5.16 Å². The van der Waals surface area contributed by atoms with Crippen molar-refractivity contribution in [3.8, 4) is 33.9 Å². The molecule has 0 saturated heterocycles. The topological polar surface area (TPSA) is 55.5 Å². The summed E-state index contributed by atoms with van der Waals surface area (Å²) in [6.45, 7) is 0. The van der Waals surface area contributed by atoms with Gasteiger partial charge in [0.1, 0.15) is 11.5 Å². The van der Waals surface area contributed by atoms with E-state index in [1.807, 2.05) is 12.1 Å². The van der Waals surface area contributed by atoms with Crippen molar-refractivity contribution in [1.82, 2.24) is 5.16 Å². The minimum Gasteiger partial charge on any atom is -0.507 e. The molecule has 1 aromatic heterocycles. The van der Waals surface area contributed by atoms with Crippen LogP contribution in [0.2, 0.25) is 5.02 Å². The Balaban J connectivity index is 2.09. The third kappa shape index (κ3) is 2.58. The zero-order chi connectivity index (χ0) is 14.8. The lowest BCUT2D eigenvalue weighted by Gasteiger charge is -2.06. The van der Waals surface area contributed by atoms with Crippen LogP contribution in [0.3, 0.4) is 0 Å². The zero-order valence-corrected chi connectivity index (χ0v) is 12.0. The number of aromatic hydroxyl groups is 1. The average molecular weight is 302 g/mol. The maximum atomic E-state index is 10.1. The highest BCUT2D eigenvalue weighted by Gasteiger charge is 2.16. The molecule has 1 heterocycles. The summed E-state index contributed by atoms with van der Waals surface area (Å²) in [4.78, 5) is 0. The molecular formula is C16H12ClNO3. The summed E-state index contributed by atoms with van der Waals surface area (Å²) in [6.07, 6.45) is 1.61. The summed E-state index contributed by atoms with van der Waals surface area (Å²) < 4.78 is 10.4. The average Bonchev–Trinajstić information content (AvgIpc) is 2.97. The monoisotopic (exact) mass is 301 g/mol. The number of hydrogen-bond acceptors (Lipinski definition) is 4. The van der Waals surface area contributed by atoms with E-state index in [0.29, 0.717) is 22.1 Å². The fourth-order valence-corrected chi connectivity index (χ4v) is 2.23. The summed E-state index contributed by atoms with van der Waals surface area (Å²) in [7, 11) is 1.54.